The van der Waals surface area contributed by atoms with Gasteiger partial charge < -0.3 is 16.8 Å². The van der Waals surface area contributed by atoms with Crippen molar-refractivity contribution in [1.82, 2.24) is 15.0 Å². The number of nitrogens with one attached hydrogen (secondary N) is 1. The van der Waals surface area contributed by atoms with Gasteiger partial charge >= 0.3 is 0 Å². The molecule has 7 nitrogen and oxygen atoms in total. The van der Waals surface area contributed by atoms with Crippen molar-refractivity contribution in [2.45, 2.75) is 17.3 Å². The van der Waals surface area contributed by atoms with E-state index in [0.29, 0.717) is 0 Å². The number of aromatic nitrogens is 3. The fourth-order valence-electron chi connectivity index (χ4n) is 1.45. The molecule has 1 aromatic carbocycles. The van der Waals surface area contributed by atoms with Crippen molar-refractivity contribution in [3.05, 3.63) is 30.1 Å². The van der Waals surface area contributed by atoms with Crippen LogP contribution in [0.2, 0.25) is 0 Å². The number of rotatable bonds is 4. The highest BCUT2D eigenvalue weighted by Gasteiger charge is 2.18. The maximum absolute atomic E-state index is 13.5. The Hall–Kier alpha value is -2.42. The Morgan fingerprint density at radius 3 is 2.48 bits per heavy atom. The summed E-state index contributed by atoms with van der Waals surface area (Å²) in [5.74, 6) is -0.933. The highest BCUT2D eigenvalue weighted by atomic mass is 32.2. The molecule has 0 fully saturated rings. The van der Waals surface area contributed by atoms with Crippen molar-refractivity contribution >= 4 is 35.3 Å². The quantitative estimate of drug-likeness (QED) is 0.728. The Bertz CT molecular complexity index is 648. The number of halogens is 1. The Kier molecular flexibility index (Phi) is 4.53. The number of amides is 1. The van der Waals surface area contributed by atoms with Gasteiger partial charge in [-0.2, -0.15) is 15.0 Å². The van der Waals surface area contributed by atoms with Crippen LogP contribution in [0.15, 0.2) is 29.4 Å². The van der Waals surface area contributed by atoms with E-state index in [1.165, 1.54) is 12.1 Å². The molecule has 1 atom stereocenters. The van der Waals surface area contributed by atoms with E-state index in [2.05, 4.69) is 20.3 Å². The number of anilines is 3. The highest BCUT2D eigenvalue weighted by molar-refractivity contribution is 8.00. The average Bonchev–Trinajstić information content (AvgIpc) is 2.40. The molecule has 5 N–H and O–H groups in total. The molecule has 0 aliphatic heterocycles. The van der Waals surface area contributed by atoms with E-state index in [9.17, 15) is 9.18 Å². The molecule has 21 heavy (non-hydrogen) atoms. The van der Waals surface area contributed by atoms with Crippen molar-refractivity contribution in [3.63, 3.8) is 0 Å². The molecule has 1 heterocycles. The number of carbonyl (C=O) groups is 1. The Morgan fingerprint density at radius 2 is 1.86 bits per heavy atom. The van der Waals surface area contributed by atoms with Crippen LogP contribution < -0.4 is 16.8 Å². The summed E-state index contributed by atoms with van der Waals surface area (Å²) >= 11 is 1.05. The third-order valence-electron chi connectivity index (χ3n) is 2.43. The number of nitrogen functional groups attached to an aromatic ring is 2. The first kappa shape index (κ1) is 15.0. The first-order chi connectivity index (χ1) is 9.95. The maximum Gasteiger partial charge on any atom is 0.237 e. The van der Waals surface area contributed by atoms with Gasteiger partial charge in [-0.05, 0) is 19.1 Å². The minimum Gasteiger partial charge on any atom is -0.368 e. The van der Waals surface area contributed by atoms with E-state index in [0.717, 1.165) is 11.8 Å². The summed E-state index contributed by atoms with van der Waals surface area (Å²) in [4.78, 5) is 23.4. The van der Waals surface area contributed by atoms with E-state index in [1.54, 1.807) is 19.1 Å². The van der Waals surface area contributed by atoms with Crippen LogP contribution in [0.5, 0.6) is 0 Å². The summed E-state index contributed by atoms with van der Waals surface area (Å²) in [7, 11) is 0. The van der Waals surface area contributed by atoms with E-state index in [1.807, 2.05) is 0 Å². The molecule has 1 amide bonds. The second-order valence-corrected chi connectivity index (χ2v) is 5.37. The Labute approximate surface area is 124 Å². The van der Waals surface area contributed by atoms with Gasteiger partial charge in [-0.25, -0.2) is 4.39 Å². The first-order valence-corrected chi connectivity index (χ1v) is 6.82. The summed E-state index contributed by atoms with van der Waals surface area (Å²) in [6.45, 7) is 1.64. The topological polar surface area (TPSA) is 120 Å². The Balaban J connectivity index is 2.04. The van der Waals surface area contributed by atoms with Crippen LogP contribution in [0.3, 0.4) is 0 Å². The van der Waals surface area contributed by atoms with Crippen molar-refractivity contribution in [3.8, 4) is 0 Å². The molecule has 2 rings (SSSR count). The summed E-state index contributed by atoms with van der Waals surface area (Å²) in [5, 5.41) is 2.16. The fraction of sp³-hybridized carbons (Fsp3) is 0.167. The average molecular weight is 308 g/mol. The second kappa shape index (κ2) is 6.35. The van der Waals surface area contributed by atoms with Crippen LogP contribution in [0, 0.1) is 5.82 Å². The van der Waals surface area contributed by atoms with Crippen LogP contribution in [0.1, 0.15) is 6.92 Å². The lowest BCUT2D eigenvalue weighted by molar-refractivity contribution is -0.115. The minimum atomic E-state index is -0.564. The van der Waals surface area contributed by atoms with Crippen LogP contribution in [0.4, 0.5) is 22.0 Å². The van der Waals surface area contributed by atoms with Gasteiger partial charge in [-0.1, -0.05) is 23.9 Å². The molecule has 1 unspecified atom stereocenters. The molecular weight excluding hydrogens is 295 g/mol. The molecule has 0 spiro atoms. The van der Waals surface area contributed by atoms with E-state index >= 15 is 0 Å². The molecule has 0 aliphatic carbocycles. The lowest BCUT2D eigenvalue weighted by Crippen LogP contribution is -2.23. The summed E-state index contributed by atoms with van der Waals surface area (Å²) < 4.78 is 13.5. The Morgan fingerprint density at radius 1 is 1.24 bits per heavy atom. The number of benzene rings is 1. The van der Waals surface area contributed by atoms with E-state index in [4.69, 9.17) is 11.5 Å². The van der Waals surface area contributed by atoms with Crippen molar-refractivity contribution in [2.24, 2.45) is 0 Å². The number of nitrogens with two attached hydrogens (primary N) is 2. The monoisotopic (exact) mass is 308 g/mol. The predicted molar refractivity (Wildman–Crippen MR) is 79.0 cm³/mol. The zero-order valence-corrected chi connectivity index (χ0v) is 11.9. The number of carbonyl (C=O) groups excluding carboxylic acids is 1. The normalized spacial score (nSPS) is 11.9. The van der Waals surface area contributed by atoms with Crippen LogP contribution in [0.25, 0.3) is 0 Å². The van der Waals surface area contributed by atoms with Gasteiger partial charge in [0, 0.05) is 0 Å². The third kappa shape index (κ3) is 4.02. The zero-order valence-electron chi connectivity index (χ0n) is 11.1. The summed E-state index contributed by atoms with van der Waals surface area (Å²) in [6, 6.07) is 5.91. The highest BCUT2D eigenvalue weighted by Crippen LogP contribution is 2.22. The van der Waals surface area contributed by atoms with Gasteiger partial charge in [-0.15, -0.1) is 0 Å². The smallest absolute Gasteiger partial charge is 0.237 e. The predicted octanol–water partition coefficient (Wildman–Crippen LogP) is 1.29. The van der Waals surface area contributed by atoms with E-state index in [-0.39, 0.29) is 28.6 Å². The SMILES string of the molecule is CC(Sc1nc(N)nc(N)n1)C(=O)Nc1ccccc1F. The molecule has 0 aliphatic rings. The molecule has 110 valence electrons. The largest absolute Gasteiger partial charge is 0.368 e. The van der Waals surface area contributed by atoms with Gasteiger partial charge in [0.1, 0.15) is 5.82 Å². The number of hydrogen-bond donors (Lipinski definition) is 3. The van der Waals surface area contributed by atoms with Gasteiger partial charge in [-0.3, -0.25) is 4.79 Å². The standard InChI is InChI=1S/C12H13FN6OS/c1-6(21-12-18-10(14)17-11(15)19-12)9(20)16-8-5-3-2-4-7(8)13/h2-6H,1H3,(H,16,20)(H4,14,15,17,18,19). The van der Waals surface area contributed by atoms with Crippen LogP contribution in [-0.2, 0) is 4.79 Å². The summed E-state index contributed by atoms with van der Waals surface area (Å²) in [6.07, 6.45) is 0. The number of hydrogen-bond acceptors (Lipinski definition) is 7. The lowest BCUT2D eigenvalue weighted by atomic mass is 10.3. The van der Waals surface area contributed by atoms with Gasteiger partial charge in [0.05, 0.1) is 10.9 Å². The van der Waals surface area contributed by atoms with Gasteiger partial charge in [0.15, 0.2) is 5.16 Å². The van der Waals surface area contributed by atoms with Gasteiger partial charge in [0.25, 0.3) is 0 Å². The van der Waals surface area contributed by atoms with Crippen LogP contribution >= 0.6 is 11.8 Å². The number of nitrogens with zero attached hydrogens (tertiary/aromatic N) is 3. The molecule has 1 aromatic heterocycles. The molecular formula is C12H13FN6OS. The third-order valence-corrected chi connectivity index (χ3v) is 3.39. The van der Waals surface area contributed by atoms with Crippen molar-refractivity contribution in [1.29, 1.82) is 0 Å². The number of thioether (sulfide) groups is 1. The first-order valence-electron chi connectivity index (χ1n) is 5.95. The lowest BCUT2D eigenvalue weighted by Gasteiger charge is -2.11. The van der Waals surface area contributed by atoms with Crippen molar-refractivity contribution in [2.75, 3.05) is 16.8 Å². The molecule has 9 heteroatoms. The van der Waals surface area contributed by atoms with Gasteiger partial charge in [0.2, 0.25) is 17.8 Å². The fourth-order valence-corrected chi connectivity index (χ4v) is 2.22. The maximum atomic E-state index is 13.5. The molecule has 0 bridgehead atoms. The summed E-state index contributed by atoms with van der Waals surface area (Å²) in [5.41, 5.74) is 11.0. The zero-order chi connectivity index (χ0) is 15.4. The number of para-hydroxylation sites is 1. The second-order valence-electron chi connectivity index (χ2n) is 4.06. The molecule has 0 saturated carbocycles. The minimum absolute atomic E-state index is 0.0216. The van der Waals surface area contributed by atoms with Crippen LogP contribution in [-0.4, -0.2) is 26.1 Å². The molecule has 2 aromatic rings. The van der Waals surface area contributed by atoms with E-state index < -0.39 is 11.1 Å². The van der Waals surface area contributed by atoms with Crippen molar-refractivity contribution < 1.29 is 9.18 Å². The molecule has 0 saturated heterocycles. The molecule has 0 radical (unpaired) electrons.